The molecule has 4 rings (SSSR count). The molecule has 0 amide bonds. The van der Waals surface area contributed by atoms with E-state index >= 15 is 0 Å². The first-order valence-electron chi connectivity index (χ1n) is 9.42. The predicted molar refractivity (Wildman–Crippen MR) is 116 cm³/mol. The highest BCUT2D eigenvalue weighted by Crippen LogP contribution is 2.25. The minimum absolute atomic E-state index is 0. The molecule has 5 heteroatoms. The predicted octanol–water partition coefficient (Wildman–Crippen LogP) is 1.60. The quantitative estimate of drug-likeness (QED) is 0.343. The van der Waals surface area contributed by atoms with E-state index in [-0.39, 0.29) is 22.8 Å². The molecule has 0 aliphatic rings. The third kappa shape index (κ3) is 4.20. The second kappa shape index (κ2) is 8.37. The van der Waals surface area contributed by atoms with Crippen molar-refractivity contribution in [3.05, 3.63) is 78.1 Å². The summed E-state index contributed by atoms with van der Waals surface area (Å²) in [6.45, 7) is 0.682. The summed E-state index contributed by atoms with van der Waals surface area (Å²) in [7, 11) is 8.21. The van der Waals surface area contributed by atoms with Gasteiger partial charge in [0.2, 0.25) is 11.0 Å². The number of pyridine rings is 1. The summed E-state index contributed by atoms with van der Waals surface area (Å²) in [5.74, 6) is -0.207. The number of rotatable bonds is 4. The van der Waals surface area contributed by atoms with Crippen molar-refractivity contribution in [3.8, 4) is 0 Å². The standard InChI is InChI=1S/C24H25FN3.BrH/c1-26(2)21-11-7-18-13-19-8-12-22(27(3)4)15-24(19)28(23(18)14-21)16-17-5-9-20(25)10-6-17;/h5-15H,16H2,1-4H3;1H/q+1;/p-1. The van der Waals surface area contributed by atoms with Gasteiger partial charge in [-0.1, -0.05) is 0 Å². The van der Waals surface area contributed by atoms with Crippen molar-refractivity contribution in [2.24, 2.45) is 0 Å². The summed E-state index contributed by atoms with van der Waals surface area (Å²) in [5, 5.41) is 2.38. The highest BCUT2D eigenvalue weighted by Gasteiger charge is 2.18. The molecule has 1 aromatic heterocycles. The minimum Gasteiger partial charge on any atom is -1.00 e. The smallest absolute Gasteiger partial charge is 0.215 e. The van der Waals surface area contributed by atoms with Gasteiger partial charge in [-0.3, -0.25) is 0 Å². The van der Waals surface area contributed by atoms with Crippen LogP contribution in [-0.2, 0) is 6.54 Å². The van der Waals surface area contributed by atoms with Crippen molar-refractivity contribution in [1.29, 1.82) is 0 Å². The molecule has 150 valence electrons. The second-order valence-corrected chi connectivity index (χ2v) is 7.63. The average molecular weight is 454 g/mol. The monoisotopic (exact) mass is 453 g/mol. The fourth-order valence-corrected chi connectivity index (χ4v) is 3.57. The molecule has 0 N–H and O–H groups in total. The summed E-state index contributed by atoms with van der Waals surface area (Å²) in [4.78, 5) is 4.23. The first-order valence-corrected chi connectivity index (χ1v) is 9.42. The summed E-state index contributed by atoms with van der Waals surface area (Å²) in [5.41, 5.74) is 5.72. The molecule has 4 aromatic rings. The van der Waals surface area contributed by atoms with Gasteiger partial charge in [0, 0.05) is 68.0 Å². The largest absolute Gasteiger partial charge is 1.00 e. The highest BCUT2D eigenvalue weighted by molar-refractivity contribution is 5.91. The van der Waals surface area contributed by atoms with E-state index in [2.05, 4.69) is 85.0 Å². The Bertz CT molecular complexity index is 1090. The number of fused-ring (bicyclic) bond motifs is 2. The zero-order valence-electron chi connectivity index (χ0n) is 17.2. The van der Waals surface area contributed by atoms with E-state index < -0.39 is 0 Å². The van der Waals surface area contributed by atoms with Gasteiger partial charge in [-0.25, -0.2) is 4.39 Å². The third-order valence-electron chi connectivity index (χ3n) is 5.21. The van der Waals surface area contributed by atoms with Gasteiger partial charge in [-0.15, -0.1) is 0 Å². The van der Waals surface area contributed by atoms with Crippen molar-refractivity contribution in [1.82, 2.24) is 0 Å². The Kier molecular flexibility index (Phi) is 6.08. The Balaban J connectivity index is 0.00000240. The van der Waals surface area contributed by atoms with Crippen LogP contribution < -0.4 is 31.3 Å². The van der Waals surface area contributed by atoms with Crippen molar-refractivity contribution >= 4 is 33.2 Å². The Morgan fingerprint density at radius 2 is 1.17 bits per heavy atom. The van der Waals surface area contributed by atoms with Crippen LogP contribution in [0.4, 0.5) is 15.8 Å². The molecule has 1 heterocycles. The lowest BCUT2D eigenvalue weighted by atomic mass is 10.1. The Hall–Kier alpha value is -2.66. The molecule has 0 atom stereocenters. The van der Waals surface area contributed by atoms with Crippen molar-refractivity contribution in [3.63, 3.8) is 0 Å². The minimum atomic E-state index is -0.207. The second-order valence-electron chi connectivity index (χ2n) is 7.63. The molecular formula is C24H25BrFN3. The molecule has 0 aliphatic carbocycles. The van der Waals surface area contributed by atoms with E-state index in [0.717, 1.165) is 16.9 Å². The van der Waals surface area contributed by atoms with Crippen molar-refractivity contribution in [2.75, 3.05) is 38.0 Å². The Labute approximate surface area is 181 Å². The van der Waals surface area contributed by atoms with Gasteiger partial charge in [0.15, 0.2) is 6.54 Å². The highest BCUT2D eigenvalue weighted by atomic mass is 79.9. The summed E-state index contributed by atoms with van der Waals surface area (Å²) >= 11 is 0. The van der Waals surface area contributed by atoms with E-state index in [9.17, 15) is 4.39 Å². The van der Waals surface area contributed by atoms with Crippen LogP contribution in [0, 0.1) is 5.82 Å². The molecule has 0 fully saturated rings. The summed E-state index contributed by atoms with van der Waals surface area (Å²) < 4.78 is 15.7. The van der Waals surface area contributed by atoms with E-state index in [4.69, 9.17) is 0 Å². The van der Waals surface area contributed by atoms with Gasteiger partial charge < -0.3 is 26.8 Å². The van der Waals surface area contributed by atoms with Gasteiger partial charge in [0.05, 0.1) is 0 Å². The van der Waals surface area contributed by atoms with Crippen molar-refractivity contribution in [2.45, 2.75) is 6.54 Å². The maximum atomic E-state index is 13.4. The molecule has 0 aliphatic heterocycles. The number of aromatic nitrogens is 1. The third-order valence-corrected chi connectivity index (χ3v) is 5.21. The van der Waals surface area contributed by atoms with E-state index in [0.29, 0.717) is 6.54 Å². The molecule has 29 heavy (non-hydrogen) atoms. The molecule has 0 bridgehead atoms. The molecule has 0 saturated heterocycles. The van der Waals surface area contributed by atoms with Crippen LogP contribution in [0.2, 0.25) is 0 Å². The Morgan fingerprint density at radius 3 is 1.62 bits per heavy atom. The fraction of sp³-hybridized carbons (Fsp3) is 0.208. The van der Waals surface area contributed by atoms with Crippen LogP contribution in [0.15, 0.2) is 66.7 Å². The first-order chi connectivity index (χ1) is 13.4. The van der Waals surface area contributed by atoms with Gasteiger partial charge in [0.25, 0.3) is 0 Å². The van der Waals surface area contributed by atoms with E-state index in [1.54, 1.807) is 0 Å². The topological polar surface area (TPSA) is 10.4 Å². The van der Waals surface area contributed by atoms with E-state index in [1.807, 2.05) is 12.1 Å². The van der Waals surface area contributed by atoms with Crippen LogP contribution in [0.1, 0.15) is 5.56 Å². The first kappa shape index (κ1) is 21.1. The van der Waals surface area contributed by atoms with E-state index in [1.165, 1.54) is 33.9 Å². The maximum Gasteiger partial charge on any atom is 0.215 e. The fourth-order valence-electron chi connectivity index (χ4n) is 3.57. The normalized spacial score (nSPS) is 10.8. The number of benzene rings is 3. The number of halogens is 2. The number of hydrogen-bond donors (Lipinski definition) is 0. The lowest BCUT2D eigenvalue weighted by Gasteiger charge is -2.15. The maximum absolute atomic E-state index is 13.4. The number of hydrogen-bond acceptors (Lipinski definition) is 2. The van der Waals surface area contributed by atoms with Gasteiger partial charge >= 0.3 is 0 Å². The average Bonchev–Trinajstić information content (AvgIpc) is 2.68. The zero-order valence-corrected chi connectivity index (χ0v) is 18.7. The lowest BCUT2D eigenvalue weighted by Crippen LogP contribution is -3.00. The van der Waals surface area contributed by atoms with Gasteiger partial charge in [0.1, 0.15) is 5.82 Å². The van der Waals surface area contributed by atoms with Crippen molar-refractivity contribution < 1.29 is 25.9 Å². The molecule has 0 saturated carbocycles. The van der Waals surface area contributed by atoms with Gasteiger partial charge in [-0.2, -0.15) is 4.57 Å². The summed E-state index contributed by atoms with van der Waals surface area (Å²) in [6, 6.07) is 22.1. The number of nitrogens with zero attached hydrogens (tertiary/aromatic N) is 3. The molecule has 0 unspecified atom stereocenters. The van der Waals surface area contributed by atoms with Crippen LogP contribution in [0.5, 0.6) is 0 Å². The lowest BCUT2D eigenvalue weighted by molar-refractivity contribution is -0.635. The zero-order chi connectivity index (χ0) is 19.8. The van der Waals surface area contributed by atoms with Gasteiger partial charge in [-0.05, 0) is 54.6 Å². The molecule has 3 nitrogen and oxygen atoms in total. The summed E-state index contributed by atoms with van der Waals surface area (Å²) in [6.07, 6.45) is 0. The van der Waals surface area contributed by atoms with Crippen LogP contribution >= 0.6 is 0 Å². The van der Waals surface area contributed by atoms with Crippen LogP contribution in [-0.4, -0.2) is 28.2 Å². The SMILES string of the molecule is CN(C)c1ccc2cc3ccc(N(C)C)cc3[n+](Cc3ccc(F)cc3)c2c1.[Br-]. The van der Waals surface area contributed by atoms with Crippen LogP contribution in [0.3, 0.4) is 0 Å². The Morgan fingerprint density at radius 1 is 0.690 bits per heavy atom. The molecule has 0 spiro atoms. The van der Waals surface area contributed by atoms with Crippen LogP contribution in [0.25, 0.3) is 21.8 Å². The molecular weight excluding hydrogens is 429 g/mol. The molecule has 3 aromatic carbocycles. The number of anilines is 2. The molecule has 0 radical (unpaired) electrons.